The van der Waals surface area contributed by atoms with E-state index < -0.39 is 0 Å². The highest BCUT2D eigenvalue weighted by molar-refractivity contribution is 5.79. The van der Waals surface area contributed by atoms with Crippen molar-refractivity contribution in [1.29, 1.82) is 0 Å². The number of aromatic nitrogens is 2. The number of hydrogen-bond donors (Lipinski definition) is 1. The number of nitrogens with one attached hydrogen (secondary N) is 1. The quantitative estimate of drug-likeness (QED) is 0.877. The predicted molar refractivity (Wildman–Crippen MR) is 104 cm³/mol. The first-order chi connectivity index (χ1) is 13.5. The Balaban J connectivity index is 1.50. The first-order valence-electron chi connectivity index (χ1n) is 9.83. The molecule has 0 unspecified atom stereocenters. The third-order valence-electron chi connectivity index (χ3n) is 5.74. The Morgan fingerprint density at radius 3 is 2.96 bits per heavy atom. The Morgan fingerprint density at radius 1 is 1.32 bits per heavy atom. The molecule has 1 fully saturated rings. The van der Waals surface area contributed by atoms with E-state index in [0.717, 1.165) is 37.1 Å². The monoisotopic (exact) mass is 384 g/mol. The van der Waals surface area contributed by atoms with Gasteiger partial charge in [-0.25, -0.2) is 9.37 Å². The SMILES string of the molecule is CN1CCc2nc([C@H]3CCCN(C(=O)Cc4ccccc4F)C3)[nH]c(=O)c2C1. The molecule has 3 heterocycles. The predicted octanol–water partition coefficient (Wildman–Crippen LogP) is 1.85. The highest BCUT2D eigenvalue weighted by atomic mass is 19.1. The number of halogens is 1. The van der Waals surface area contributed by atoms with E-state index in [1.54, 1.807) is 23.1 Å². The van der Waals surface area contributed by atoms with E-state index in [1.807, 2.05) is 7.05 Å². The lowest BCUT2D eigenvalue weighted by Crippen LogP contribution is -2.41. The van der Waals surface area contributed by atoms with Crippen molar-refractivity contribution in [2.45, 2.75) is 38.1 Å². The summed E-state index contributed by atoms with van der Waals surface area (Å²) in [6.45, 7) is 2.68. The van der Waals surface area contributed by atoms with E-state index in [4.69, 9.17) is 4.98 Å². The number of H-pyrrole nitrogens is 1. The van der Waals surface area contributed by atoms with Crippen LogP contribution in [0.15, 0.2) is 29.1 Å². The molecule has 1 amide bonds. The van der Waals surface area contributed by atoms with E-state index >= 15 is 0 Å². The Labute approximate surface area is 163 Å². The number of nitrogens with zero attached hydrogens (tertiary/aromatic N) is 3. The lowest BCUT2D eigenvalue weighted by atomic mass is 9.95. The van der Waals surface area contributed by atoms with Crippen LogP contribution in [0, 0.1) is 5.82 Å². The molecule has 2 aliphatic heterocycles. The van der Waals surface area contributed by atoms with Crippen LogP contribution in [0.4, 0.5) is 4.39 Å². The minimum Gasteiger partial charge on any atom is -0.342 e. The van der Waals surface area contributed by atoms with Gasteiger partial charge >= 0.3 is 0 Å². The molecule has 28 heavy (non-hydrogen) atoms. The molecule has 0 aliphatic carbocycles. The fourth-order valence-electron chi connectivity index (χ4n) is 4.12. The number of rotatable bonds is 3. The summed E-state index contributed by atoms with van der Waals surface area (Å²) in [5.41, 5.74) is 1.98. The van der Waals surface area contributed by atoms with Gasteiger partial charge in [0.2, 0.25) is 5.91 Å². The molecular formula is C21H25FN4O2. The van der Waals surface area contributed by atoms with Crippen LogP contribution in [0.5, 0.6) is 0 Å². The van der Waals surface area contributed by atoms with Crippen LogP contribution in [-0.4, -0.2) is 52.4 Å². The molecule has 1 atom stereocenters. The number of amides is 1. The molecule has 6 nitrogen and oxygen atoms in total. The largest absolute Gasteiger partial charge is 0.342 e. The number of benzene rings is 1. The van der Waals surface area contributed by atoms with Crippen LogP contribution < -0.4 is 5.56 Å². The zero-order valence-corrected chi connectivity index (χ0v) is 16.1. The van der Waals surface area contributed by atoms with Crippen molar-refractivity contribution in [2.24, 2.45) is 0 Å². The van der Waals surface area contributed by atoms with Crippen LogP contribution in [0.2, 0.25) is 0 Å². The average Bonchev–Trinajstić information content (AvgIpc) is 2.70. The molecule has 0 bridgehead atoms. The lowest BCUT2D eigenvalue weighted by Gasteiger charge is -2.33. The van der Waals surface area contributed by atoms with Crippen LogP contribution in [0.1, 0.15) is 41.4 Å². The molecule has 1 aromatic carbocycles. The average molecular weight is 384 g/mol. The van der Waals surface area contributed by atoms with Crippen molar-refractivity contribution in [3.63, 3.8) is 0 Å². The van der Waals surface area contributed by atoms with E-state index in [1.165, 1.54) is 6.07 Å². The summed E-state index contributed by atoms with van der Waals surface area (Å²) < 4.78 is 13.9. The number of aromatic amines is 1. The Kier molecular flexibility index (Phi) is 5.26. The topological polar surface area (TPSA) is 69.3 Å². The molecule has 0 radical (unpaired) electrons. The Morgan fingerprint density at radius 2 is 2.14 bits per heavy atom. The summed E-state index contributed by atoms with van der Waals surface area (Å²) in [6, 6.07) is 6.38. The van der Waals surface area contributed by atoms with Gasteiger partial charge in [-0.05, 0) is 31.5 Å². The molecule has 1 N–H and O–H groups in total. The highest BCUT2D eigenvalue weighted by Crippen LogP contribution is 2.26. The summed E-state index contributed by atoms with van der Waals surface area (Å²) in [6.07, 6.45) is 2.55. The summed E-state index contributed by atoms with van der Waals surface area (Å²) in [5.74, 6) is 0.250. The molecule has 0 spiro atoms. The maximum atomic E-state index is 13.9. The summed E-state index contributed by atoms with van der Waals surface area (Å²) in [7, 11) is 2.00. The molecule has 148 valence electrons. The van der Waals surface area contributed by atoms with Crippen LogP contribution in [0.3, 0.4) is 0 Å². The molecular weight excluding hydrogens is 359 g/mol. The molecule has 4 rings (SSSR count). The number of likely N-dealkylation sites (tertiary alicyclic amines) is 1. The summed E-state index contributed by atoms with van der Waals surface area (Å²) in [4.78, 5) is 36.8. The van der Waals surface area contributed by atoms with Gasteiger partial charge in [0.05, 0.1) is 17.7 Å². The van der Waals surface area contributed by atoms with Crippen molar-refractivity contribution in [3.8, 4) is 0 Å². The van der Waals surface area contributed by atoms with E-state index in [-0.39, 0.29) is 29.6 Å². The molecule has 7 heteroatoms. The van der Waals surface area contributed by atoms with Crippen LogP contribution in [-0.2, 0) is 24.2 Å². The number of piperidine rings is 1. The summed E-state index contributed by atoms with van der Waals surface area (Å²) >= 11 is 0. The van der Waals surface area contributed by atoms with Crippen LogP contribution >= 0.6 is 0 Å². The molecule has 1 aromatic heterocycles. The van der Waals surface area contributed by atoms with Crippen LogP contribution in [0.25, 0.3) is 0 Å². The lowest BCUT2D eigenvalue weighted by molar-refractivity contribution is -0.131. The molecule has 0 saturated carbocycles. The smallest absolute Gasteiger partial charge is 0.255 e. The van der Waals surface area contributed by atoms with Gasteiger partial charge in [-0.3, -0.25) is 9.59 Å². The normalized spacial score (nSPS) is 20.1. The minimum atomic E-state index is -0.352. The van der Waals surface area contributed by atoms with Gasteiger partial charge in [0.15, 0.2) is 0 Å². The molecule has 2 aliphatic rings. The third kappa shape index (κ3) is 3.85. The second-order valence-electron chi connectivity index (χ2n) is 7.81. The zero-order valence-electron chi connectivity index (χ0n) is 16.1. The van der Waals surface area contributed by atoms with Crippen molar-refractivity contribution < 1.29 is 9.18 Å². The van der Waals surface area contributed by atoms with Gasteiger partial charge in [-0.1, -0.05) is 18.2 Å². The first kappa shape index (κ1) is 18.8. The molecule has 2 aromatic rings. The van der Waals surface area contributed by atoms with Crippen molar-refractivity contribution in [3.05, 3.63) is 63.1 Å². The third-order valence-corrected chi connectivity index (χ3v) is 5.74. The van der Waals surface area contributed by atoms with Gasteiger partial charge in [0, 0.05) is 38.5 Å². The van der Waals surface area contributed by atoms with Gasteiger partial charge in [0.1, 0.15) is 11.6 Å². The molecule has 1 saturated heterocycles. The zero-order chi connectivity index (χ0) is 19.7. The maximum absolute atomic E-state index is 13.9. The van der Waals surface area contributed by atoms with E-state index in [2.05, 4.69) is 9.88 Å². The number of likely N-dealkylation sites (N-methyl/N-ethyl adjacent to an activating group) is 1. The van der Waals surface area contributed by atoms with Gasteiger partial charge in [0.25, 0.3) is 5.56 Å². The number of hydrogen-bond acceptors (Lipinski definition) is 4. The van der Waals surface area contributed by atoms with Crippen molar-refractivity contribution in [2.75, 3.05) is 26.7 Å². The second kappa shape index (κ2) is 7.83. The van der Waals surface area contributed by atoms with Crippen molar-refractivity contribution >= 4 is 5.91 Å². The van der Waals surface area contributed by atoms with Crippen molar-refractivity contribution in [1.82, 2.24) is 19.8 Å². The van der Waals surface area contributed by atoms with E-state index in [9.17, 15) is 14.0 Å². The fraction of sp³-hybridized carbons (Fsp3) is 0.476. The Bertz CT molecular complexity index is 942. The maximum Gasteiger partial charge on any atom is 0.255 e. The summed E-state index contributed by atoms with van der Waals surface area (Å²) in [5, 5.41) is 0. The Hall–Kier alpha value is -2.54. The highest BCUT2D eigenvalue weighted by Gasteiger charge is 2.28. The standard InChI is InChI=1S/C21H25FN4O2/c1-25-10-8-18-16(13-25)21(28)24-20(23-18)15-6-4-9-26(12-15)19(27)11-14-5-2-3-7-17(14)22/h2-3,5,7,15H,4,6,8-13H2,1H3,(H,23,24,28)/t15-/m0/s1. The number of fused-ring (bicyclic) bond motifs is 1. The fourth-order valence-corrected chi connectivity index (χ4v) is 4.12. The van der Waals surface area contributed by atoms with Gasteiger partial charge in [-0.2, -0.15) is 0 Å². The van der Waals surface area contributed by atoms with Gasteiger partial charge in [-0.15, -0.1) is 0 Å². The van der Waals surface area contributed by atoms with E-state index in [0.29, 0.717) is 31.0 Å². The van der Waals surface area contributed by atoms with Gasteiger partial charge < -0.3 is 14.8 Å². The first-order valence-corrected chi connectivity index (χ1v) is 9.83. The minimum absolute atomic E-state index is 0.0102. The second-order valence-corrected chi connectivity index (χ2v) is 7.81. The number of carbonyl (C=O) groups excluding carboxylic acids is 1. The number of carbonyl (C=O) groups is 1.